The summed E-state index contributed by atoms with van der Waals surface area (Å²) < 4.78 is 26.4. The quantitative estimate of drug-likeness (QED) is 0.451. The number of nitrogens with zero attached hydrogens (tertiary/aromatic N) is 3. The Morgan fingerprint density at radius 3 is 2.42 bits per heavy atom. The molecule has 202 valence electrons. The molecular formula is C29H34FN3O5. The van der Waals surface area contributed by atoms with Crippen LogP contribution in [-0.4, -0.2) is 53.1 Å². The normalized spacial score (nSPS) is 22.2. The van der Waals surface area contributed by atoms with E-state index < -0.39 is 23.8 Å². The molecule has 2 heterocycles. The molecule has 0 spiro atoms. The molecule has 5 rings (SSSR count). The fourth-order valence-corrected chi connectivity index (χ4v) is 6.14. The van der Waals surface area contributed by atoms with Crippen LogP contribution in [0, 0.1) is 5.82 Å². The van der Waals surface area contributed by atoms with Gasteiger partial charge in [-0.25, -0.2) is 14.2 Å². The highest BCUT2D eigenvalue weighted by molar-refractivity contribution is 5.95. The summed E-state index contributed by atoms with van der Waals surface area (Å²) in [5, 5.41) is 10.1. The van der Waals surface area contributed by atoms with E-state index in [0.717, 1.165) is 60.8 Å². The van der Waals surface area contributed by atoms with Gasteiger partial charge in [0.2, 0.25) is 0 Å². The minimum Gasteiger partial charge on any atom is -0.481 e. The number of halogens is 1. The van der Waals surface area contributed by atoms with E-state index in [1.807, 2.05) is 19.1 Å². The van der Waals surface area contributed by atoms with Gasteiger partial charge in [0.1, 0.15) is 11.6 Å². The number of aryl methyl sites for hydroxylation is 1. The Balaban J connectivity index is 1.63. The van der Waals surface area contributed by atoms with Crippen LogP contribution >= 0.6 is 0 Å². The first-order valence-electron chi connectivity index (χ1n) is 13.2. The van der Waals surface area contributed by atoms with E-state index in [-0.39, 0.29) is 24.6 Å². The van der Waals surface area contributed by atoms with Gasteiger partial charge in [-0.3, -0.25) is 9.69 Å². The number of anilines is 1. The van der Waals surface area contributed by atoms with Gasteiger partial charge in [-0.2, -0.15) is 0 Å². The second-order valence-electron chi connectivity index (χ2n) is 10.4. The molecule has 1 saturated carbocycles. The average molecular weight is 524 g/mol. The van der Waals surface area contributed by atoms with Gasteiger partial charge in [-0.1, -0.05) is 12.1 Å². The van der Waals surface area contributed by atoms with Gasteiger partial charge in [0.05, 0.1) is 35.9 Å². The van der Waals surface area contributed by atoms with Crippen LogP contribution < -0.4 is 4.90 Å². The number of benzene rings is 2. The number of ether oxygens (including phenoxy) is 2. The molecule has 2 aliphatic rings. The number of rotatable bonds is 6. The average Bonchev–Trinajstić information content (AvgIpc) is 3.30. The number of carboxylic acids is 1. The number of methoxy groups -OCH3 is 2. The van der Waals surface area contributed by atoms with Gasteiger partial charge in [0.15, 0.2) is 0 Å². The van der Waals surface area contributed by atoms with Crippen LogP contribution in [0.25, 0.3) is 11.0 Å². The lowest BCUT2D eigenvalue weighted by Crippen LogP contribution is -2.42. The highest BCUT2D eigenvalue weighted by Crippen LogP contribution is 2.40. The number of hydrogen-bond donors (Lipinski definition) is 1. The zero-order valence-electron chi connectivity index (χ0n) is 22.0. The SMILES string of the molecule is COC(=O)N1c2ccc3c(nc(C[C@H](C(=O)O)c4ccc(F)cc4)n3C3CCC(OC)CC3)c2CC[C@@H]1C. The smallest absolute Gasteiger partial charge is 0.414 e. The van der Waals surface area contributed by atoms with Crippen LogP contribution in [-0.2, 0) is 27.1 Å². The third kappa shape index (κ3) is 4.75. The van der Waals surface area contributed by atoms with Gasteiger partial charge < -0.3 is 19.1 Å². The van der Waals surface area contributed by atoms with E-state index in [2.05, 4.69) is 4.57 Å². The van der Waals surface area contributed by atoms with Crippen molar-refractivity contribution in [2.45, 2.75) is 76.0 Å². The van der Waals surface area contributed by atoms with Crippen LogP contribution in [0.5, 0.6) is 0 Å². The summed E-state index contributed by atoms with van der Waals surface area (Å²) >= 11 is 0. The second-order valence-corrected chi connectivity index (χ2v) is 10.4. The Bertz CT molecular complexity index is 1330. The number of carbonyl (C=O) groups is 2. The molecule has 0 unspecified atom stereocenters. The lowest BCUT2D eigenvalue weighted by Gasteiger charge is -2.34. The number of carboxylic acid groups (broad SMARTS) is 1. The Morgan fingerprint density at radius 2 is 1.79 bits per heavy atom. The summed E-state index contributed by atoms with van der Waals surface area (Å²) in [5.74, 6) is -1.57. The maximum absolute atomic E-state index is 13.6. The van der Waals surface area contributed by atoms with Gasteiger partial charge in [-0.05, 0) is 75.3 Å². The molecule has 0 bridgehead atoms. The van der Waals surface area contributed by atoms with Gasteiger partial charge in [0, 0.05) is 31.2 Å². The van der Waals surface area contributed by atoms with Crippen molar-refractivity contribution in [1.82, 2.24) is 9.55 Å². The standard InChI is InChI=1S/C29H34FN3O5/c1-17-4-13-22-24(32(17)29(36)38-3)14-15-25-27(22)31-26(33(25)20-9-11-21(37-2)12-10-20)16-23(28(34)35)18-5-7-19(30)8-6-18/h5-8,14-15,17,20-21,23H,4,9-13,16H2,1-3H3,(H,34,35)/t17-,20?,21?,23-/m0/s1. The minimum absolute atomic E-state index is 0.00635. The van der Waals surface area contributed by atoms with E-state index >= 15 is 0 Å². The summed E-state index contributed by atoms with van der Waals surface area (Å²) in [5.41, 5.74) is 4.05. The van der Waals surface area contributed by atoms with Crippen LogP contribution in [0.3, 0.4) is 0 Å². The van der Waals surface area contributed by atoms with Crippen LogP contribution in [0.15, 0.2) is 36.4 Å². The van der Waals surface area contributed by atoms with E-state index in [1.165, 1.54) is 31.4 Å². The minimum atomic E-state index is -0.981. The summed E-state index contributed by atoms with van der Waals surface area (Å²) in [6, 6.07) is 9.74. The molecule has 1 aliphatic heterocycles. The zero-order chi connectivity index (χ0) is 27.0. The molecule has 2 aromatic carbocycles. The third-order valence-electron chi connectivity index (χ3n) is 8.20. The molecule has 1 amide bonds. The molecule has 8 nitrogen and oxygen atoms in total. The predicted octanol–water partition coefficient (Wildman–Crippen LogP) is 5.62. The van der Waals surface area contributed by atoms with Gasteiger partial charge in [0.25, 0.3) is 0 Å². The fourth-order valence-electron chi connectivity index (χ4n) is 6.14. The Hall–Kier alpha value is -3.46. The van der Waals surface area contributed by atoms with Crippen LogP contribution in [0.1, 0.15) is 67.9 Å². The first-order chi connectivity index (χ1) is 18.3. The molecule has 3 aromatic rings. The Labute approximate surface area is 221 Å². The first kappa shape index (κ1) is 26.2. The number of amides is 1. The van der Waals surface area contributed by atoms with E-state index in [0.29, 0.717) is 11.4 Å². The first-order valence-corrected chi connectivity index (χ1v) is 13.2. The molecule has 1 N–H and O–H groups in total. The molecule has 0 radical (unpaired) electrons. The zero-order valence-corrected chi connectivity index (χ0v) is 22.0. The Morgan fingerprint density at radius 1 is 1.08 bits per heavy atom. The van der Waals surface area contributed by atoms with Crippen molar-refractivity contribution in [2.75, 3.05) is 19.1 Å². The van der Waals surface area contributed by atoms with Crippen molar-refractivity contribution >= 4 is 28.8 Å². The molecule has 2 atom stereocenters. The number of carbonyl (C=O) groups excluding carboxylic acids is 1. The summed E-state index contributed by atoms with van der Waals surface area (Å²) in [7, 11) is 3.12. The number of fused-ring (bicyclic) bond motifs is 3. The second kappa shape index (κ2) is 10.7. The summed E-state index contributed by atoms with van der Waals surface area (Å²) in [6.07, 6.45) is 5.14. The van der Waals surface area contributed by atoms with Gasteiger partial charge >= 0.3 is 12.1 Å². The summed E-state index contributed by atoms with van der Waals surface area (Å²) in [6.45, 7) is 2.00. The lowest BCUT2D eigenvalue weighted by atomic mass is 9.91. The Kier molecular flexibility index (Phi) is 7.38. The monoisotopic (exact) mass is 523 g/mol. The lowest BCUT2D eigenvalue weighted by molar-refractivity contribution is -0.138. The van der Waals surface area contributed by atoms with E-state index in [9.17, 15) is 19.1 Å². The molecular weight excluding hydrogens is 489 g/mol. The molecule has 0 saturated heterocycles. The van der Waals surface area contributed by atoms with Crippen molar-refractivity contribution in [1.29, 1.82) is 0 Å². The number of imidazole rings is 1. The van der Waals surface area contributed by atoms with Crippen molar-refractivity contribution in [3.05, 3.63) is 59.2 Å². The van der Waals surface area contributed by atoms with Crippen LogP contribution in [0.2, 0.25) is 0 Å². The molecule has 38 heavy (non-hydrogen) atoms. The van der Waals surface area contributed by atoms with Crippen molar-refractivity contribution in [2.24, 2.45) is 0 Å². The molecule has 1 aromatic heterocycles. The maximum atomic E-state index is 13.6. The number of aliphatic carboxylic acids is 1. The maximum Gasteiger partial charge on any atom is 0.414 e. The highest BCUT2D eigenvalue weighted by Gasteiger charge is 2.34. The third-order valence-corrected chi connectivity index (χ3v) is 8.20. The van der Waals surface area contributed by atoms with Crippen molar-refractivity contribution in [3.8, 4) is 0 Å². The van der Waals surface area contributed by atoms with Crippen molar-refractivity contribution in [3.63, 3.8) is 0 Å². The number of hydrogen-bond acceptors (Lipinski definition) is 5. The van der Waals surface area contributed by atoms with Crippen LogP contribution in [0.4, 0.5) is 14.9 Å². The van der Waals surface area contributed by atoms with E-state index in [4.69, 9.17) is 14.5 Å². The molecule has 1 fully saturated rings. The topological polar surface area (TPSA) is 93.9 Å². The summed E-state index contributed by atoms with van der Waals surface area (Å²) in [4.78, 5) is 31.8. The van der Waals surface area contributed by atoms with Crippen molar-refractivity contribution < 1.29 is 28.6 Å². The number of aromatic nitrogens is 2. The molecule has 1 aliphatic carbocycles. The van der Waals surface area contributed by atoms with Gasteiger partial charge in [-0.15, -0.1) is 0 Å². The predicted molar refractivity (Wildman–Crippen MR) is 141 cm³/mol. The largest absolute Gasteiger partial charge is 0.481 e. The highest BCUT2D eigenvalue weighted by atomic mass is 19.1. The fraction of sp³-hybridized carbons (Fsp3) is 0.483. The molecule has 9 heteroatoms. The van der Waals surface area contributed by atoms with E-state index in [1.54, 1.807) is 12.0 Å².